The van der Waals surface area contributed by atoms with E-state index in [0.29, 0.717) is 5.92 Å². The number of aliphatic hydroxyl groups is 1. The maximum Gasteiger partial charge on any atom is 0.123 e. The second-order valence-corrected chi connectivity index (χ2v) is 7.67. The Morgan fingerprint density at radius 1 is 1.20 bits per heavy atom. The van der Waals surface area contributed by atoms with Crippen LogP contribution in [0.25, 0.3) is 10.6 Å². The van der Waals surface area contributed by atoms with Crippen LogP contribution in [0.15, 0.2) is 24.3 Å². The molecule has 0 unspecified atom stereocenters. The molecule has 0 atom stereocenters. The van der Waals surface area contributed by atoms with Crippen LogP contribution in [-0.4, -0.2) is 10.1 Å². The predicted octanol–water partition coefficient (Wildman–Crippen LogP) is 4.48. The van der Waals surface area contributed by atoms with E-state index in [1.54, 1.807) is 11.3 Å². The van der Waals surface area contributed by atoms with Gasteiger partial charge in [0.25, 0.3) is 0 Å². The number of hydrogen-bond donors (Lipinski definition) is 1. The Morgan fingerprint density at radius 3 is 2.35 bits per heavy atom. The highest BCUT2D eigenvalue weighted by molar-refractivity contribution is 7.15. The van der Waals surface area contributed by atoms with E-state index in [2.05, 4.69) is 45.0 Å². The van der Waals surface area contributed by atoms with Crippen molar-refractivity contribution in [2.24, 2.45) is 0 Å². The first kappa shape index (κ1) is 13.8. The summed E-state index contributed by atoms with van der Waals surface area (Å²) in [6.07, 6.45) is 2.44. The quantitative estimate of drug-likeness (QED) is 0.903. The van der Waals surface area contributed by atoms with Gasteiger partial charge in [-0.05, 0) is 23.8 Å². The van der Waals surface area contributed by atoms with Crippen molar-refractivity contribution in [2.75, 3.05) is 0 Å². The molecule has 1 saturated carbocycles. The van der Waals surface area contributed by atoms with Gasteiger partial charge in [0.15, 0.2) is 0 Å². The van der Waals surface area contributed by atoms with E-state index < -0.39 is 0 Å². The van der Waals surface area contributed by atoms with Crippen molar-refractivity contribution >= 4 is 11.3 Å². The van der Waals surface area contributed by atoms with Crippen molar-refractivity contribution in [1.82, 2.24) is 4.98 Å². The molecule has 106 valence electrons. The summed E-state index contributed by atoms with van der Waals surface area (Å²) in [4.78, 5) is 5.81. The molecule has 2 aromatic rings. The molecular weight excluding hydrogens is 266 g/mol. The summed E-state index contributed by atoms with van der Waals surface area (Å²) in [5, 5.41) is 10.5. The van der Waals surface area contributed by atoms with Gasteiger partial charge in [0.05, 0.1) is 17.2 Å². The van der Waals surface area contributed by atoms with Crippen molar-refractivity contribution in [3.05, 3.63) is 40.4 Å². The molecule has 0 spiro atoms. The molecule has 3 rings (SSSR count). The fourth-order valence-corrected chi connectivity index (χ4v) is 3.40. The molecule has 0 radical (unpaired) electrons. The molecule has 3 heteroatoms. The highest BCUT2D eigenvalue weighted by Gasteiger charge is 2.29. The average molecular weight is 287 g/mol. The molecule has 20 heavy (non-hydrogen) atoms. The van der Waals surface area contributed by atoms with Crippen molar-refractivity contribution in [3.63, 3.8) is 0 Å². The minimum atomic E-state index is 0.115. The number of thiazole rings is 1. The topological polar surface area (TPSA) is 33.1 Å². The van der Waals surface area contributed by atoms with Gasteiger partial charge in [-0.2, -0.15) is 0 Å². The molecule has 0 saturated heterocycles. The largest absolute Gasteiger partial charge is 0.391 e. The van der Waals surface area contributed by atoms with Crippen molar-refractivity contribution in [2.45, 2.75) is 51.6 Å². The Kier molecular flexibility index (Phi) is 3.43. The maximum absolute atomic E-state index is 9.48. The third-order valence-corrected chi connectivity index (χ3v) is 4.94. The first-order valence-electron chi connectivity index (χ1n) is 7.20. The van der Waals surface area contributed by atoms with E-state index in [-0.39, 0.29) is 12.0 Å². The Labute approximate surface area is 124 Å². The minimum Gasteiger partial charge on any atom is -0.391 e. The van der Waals surface area contributed by atoms with E-state index in [1.165, 1.54) is 18.4 Å². The lowest BCUT2D eigenvalue weighted by atomic mass is 9.87. The van der Waals surface area contributed by atoms with Crippen molar-refractivity contribution in [3.8, 4) is 10.6 Å². The molecule has 1 aromatic heterocycles. The summed E-state index contributed by atoms with van der Waals surface area (Å²) in [6, 6.07) is 8.67. The van der Waals surface area contributed by atoms with Crippen LogP contribution in [0.3, 0.4) is 0 Å². The first-order valence-corrected chi connectivity index (χ1v) is 8.02. The highest BCUT2D eigenvalue weighted by atomic mass is 32.1. The fourth-order valence-electron chi connectivity index (χ4n) is 2.39. The summed E-state index contributed by atoms with van der Waals surface area (Å²) in [5.41, 5.74) is 3.80. The summed E-state index contributed by atoms with van der Waals surface area (Å²) >= 11 is 1.63. The van der Waals surface area contributed by atoms with E-state index in [0.717, 1.165) is 21.1 Å². The molecular formula is C17H21NOS. The SMILES string of the molecule is CC(C)(C)c1ccc(-c2nc(C3CC3)c(CO)s2)cc1. The highest BCUT2D eigenvalue weighted by Crippen LogP contribution is 2.44. The van der Waals surface area contributed by atoms with Gasteiger partial charge >= 0.3 is 0 Å². The van der Waals surface area contributed by atoms with Gasteiger partial charge in [-0.15, -0.1) is 11.3 Å². The second kappa shape index (κ2) is 4.97. The molecule has 2 nitrogen and oxygen atoms in total. The van der Waals surface area contributed by atoms with Crippen LogP contribution in [-0.2, 0) is 12.0 Å². The zero-order chi connectivity index (χ0) is 14.3. The minimum absolute atomic E-state index is 0.115. The fraction of sp³-hybridized carbons (Fsp3) is 0.471. The molecule has 0 aliphatic heterocycles. The number of rotatable bonds is 3. The molecule has 0 amide bonds. The summed E-state index contributed by atoms with van der Waals surface area (Å²) < 4.78 is 0. The number of benzene rings is 1. The molecule has 1 aromatic carbocycles. The first-order chi connectivity index (χ1) is 9.49. The Balaban J connectivity index is 1.93. The van der Waals surface area contributed by atoms with E-state index in [4.69, 9.17) is 4.98 Å². The monoisotopic (exact) mass is 287 g/mol. The van der Waals surface area contributed by atoms with Gasteiger partial charge in [-0.3, -0.25) is 0 Å². The van der Waals surface area contributed by atoms with Crippen LogP contribution in [0.4, 0.5) is 0 Å². The van der Waals surface area contributed by atoms with Crippen LogP contribution in [0.5, 0.6) is 0 Å². The zero-order valence-electron chi connectivity index (χ0n) is 12.3. The third kappa shape index (κ3) is 2.65. The van der Waals surface area contributed by atoms with Crippen LogP contribution in [0.2, 0.25) is 0 Å². The Bertz CT molecular complexity index is 603. The second-order valence-electron chi connectivity index (χ2n) is 6.59. The molecule has 1 heterocycles. The molecule has 1 fully saturated rings. The van der Waals surface area contributed by atoms with Crippen molar-refractivity contribution < 1.29 is 5.11 Å². The Morgan fingerprint density at radius 2 is 1.85 bits per heavy atom. The molecule has 0 bridgehead atoms. The maximum atomic E-state index is 9.48. The standard InChI is InChI=1S/C17H21NOS/c1-17(2,3)13-8-6-12(7-9-13)16-18-15(11-4-5-11)14(10-19)20-16/h6-9,11,19H,4-5,10H2,1-3H3. The van der Waals surface area contributed by atoms with Gasteiger partial charge in [-0.1, -0.05) is 45.0 Å². The molecule has 1 N–H and O–H groups in total. The van der Waals surface area contributed by atoms with Gasteiger partial charge < -0.3 is 5.11 Å². The lowest BCUT2D eigenvalue weighted by Crippen LogP contribution is -2.10. The summed E-state index contributed by atoms with van der Waals surface area (Å²) in [6.45, 7) is 6.78. The third-order valence-electron chi connectivity index (χ3n) is 3.83. The lowest BCUT2D eigenvalue weighted by Gasteiger charge is -2.18. The van der Waals surface area contributed by atoms with Crippen LogP contribution in [0, 0.1) is 0 Å². The Hall–Kier alpha value is -1.19. The number of aromatic nitrogens is 1. The van der Waals surface area contributed by atoms with Gasteiger partial charge in [0.2, 0.25) is 0 Å². The zero-order valence-corrected chi connectivity index (χ0v) is 13.1. The van der Waals surface area contributed by atoms with E-state index >= 15 is 0 Å². The number of hydrogen-bond acceptors (Lipinski definition) is 3. The lowest BCUT2D eigenvalue weighted by molar-refractivity contribution is 0.284. The summed E-state index contributed by atoms with van der Waals surface area (Å²) in [5.74, 6) is 0.594. The predicted molar refractivity (Wildman–Crippen MR) is 84.1 cm³/mol. The summed E-state index contributed by atoms with van der Waals surface area (Å²) in [7, 11) is 0. The van der Waals surface area contributed by atoms with Crippen LogP contribution >= 0.6 is 11.3 Å². The van der Waals surface area contributed by atoms with Gasteiger partial charge in [0.1, 0.15) is 5.01 Å². The molecule has 1 aliphatic carbocycles. The van der Waals surface area contributed by atoms with Crippen LogP contribution in [0.1, 0.15) is 55.7 Å². The normalized spacial score (nSPS) is 15.6. The number of aliphatic hydroxyl groups excluding tert-OH is 1. The van der Waals surface area contributed by atoms with Gasteiger partial charge in [-0.25, -0.2) is 4.98 Å². The van der Waals surface area contributed by atoms with E-state index in [9.17, 15) is 5.11 Å². The van der Waals surface area contributed by atoms with E-state index in [1.807, 2.05) is 0 Å². The van der Waals surface area contributed by atoms with Crippen LogP contribution < -0.4 is 0 Å². The molecule has 1 aliphatic rings. The number of nitrogens with zero attached hydrogens (tertiary/aromatic N) is 1. The van der Waals surface area contributed by atoms with Gasteiger partial charge in [0, 0.05) is 11.5 Å². The smallest absolute Gasteiger partial charge is 0.123 e. The van der Waals surface area contributed by atoms with Crippen molar-refractivity contribution in [1.29, 1.82) is 0 Å². The average Bonchev–Trinajstić information content (AvgIpc) is 3.17.